The SMILES string of the molecule is CCC1CCCC(NC(=O)c2nc(C(=O)O)cs2)C1. The van der Waals surface area contributed by atoms with Crippen molar-refractivity contribution >= 4 is 23.2 Å². The Kier molecular flexibility index (Phi) is 4.52. The van der Waals surface area contributed by atoms with Crippen molar-refractivity contribution in [3.05, 3.63) is 16.1 Å². The molecule has 2 N–H and O–H groups in total. The van der Waals surface area contributed by atoms with E-state index in [1.807, 2.05) is 0 Å². The predicted molar refractivity (Wildman–Crippen MR) is 72.6 cm³/mol. The largest absolute Gasteiger partial charge is 0.476 e. The number of carboxylic acid groups (broad SMARTS) is 1. The molecule has 0 spiro atoms. The molecule has 0 aliphatic heterocycles. The van der Waals surface area contributed by atoms with Crippen molar-refractivity contribution in [3.63, 3.8) is 0 Å². The Labute approximate surface area is 116 Å². The second-order valence-electron chi connectivity index (χ2n) is 4.95. The molecule has 2 atom stereocenters. The van der Waals surface area contributed by atoms with Crippen LogP contribution in [0.5, 0.6) is 0 Å². The van der Waals surface area contributed by atoms with Crippen molar-refractivity contribution in [2.75, 3.05) is 0 Å². The molecule has 0 saturated heterocycles. The zero-order valence-corrected chi connectivity index (χ0v) is 11.7. The number of nitrogens with zero attached hydrogens (tertiary/aromatic N) is 1. The summed E-state index contributed by atoms with van der Waals surface area (Å²) < 4.78 is 0. The lowest BCUT2D eigenvalue weighted by Gasteiger charge is -2.28. The Morgan fingerprint density at radius 3 is 2.95 bits per heavy atom. The van der Waals surface area contributed by atoms with Gasteiger partial charge in [0.05, 0.1) is 0 Å². The van der Waals surface area contributed by atoms with Crippen molar-refractivity contribution in [1.29, 1.82) is 0 Å². The summed E-state index contributed by atoms with van der Waals surface area (Å²) in [6.07, 6.45) is 5.54. The van der Waals surface area contributed by atoms with Gasteiger partial charge in [0, 0.05) is 11.4 Å². The van der Waals surface area contributed by atoms with E-state index in [0.29, 0.717) is 5.92 Å². The van der Waals surface area contributed by atoms with Gasteiger partial charge < -0.3 is 10.4 Å². The summed E-state index contributed by atoms with van der Waals surface area (Å²) in [4.78, 5) is 26.5. The maximum atomic E-state index is 12.0. The second kappa shape index (κ2) is 6.14. The summed E-state index contributed by atoms with van der Waals surface area (Å²) in [5.74, 6) is -0.664. The molecule has 0 radical (unpaired) electrons. The fraction of sp³-hybridized carbons (Fsp3) is 0.615. The summed E-state index contributed by atoms with van der Waals surface area (Å²) in [5, 5.41) is 13.4. The third-order valence-corrected chi connectivity index (χ3v) is 4.45. The van der Waals surface area contributed by atoms with Gasteiger partial charge >= 0.3 is 5.97 Å². The van der Waals surface area contributed by atoms with Gasteiger partial charge in [0.15, 0.2) is 10.7 Å². The van der Waals surface area contributed by atoms with Crippen LogP contribution in [-0.4, -0.2) is 28.0 Å². The van der Waals surface area contributed by atoms with E-state index in [4.69, 9.17) is 5.11 Å². The number of carboxylic acids is 1. The van der Waals surface area contributed by atoms with E-state index in [1.165, 1.54) is 11.8 Å². The molecule has 1 amide bonds. The fourth-order valence-electron chi connectivity index (χ4n) is 2.52. The molecule has 1 aliphatic carbocycles. The molecule has 1 fully saturated rings. The summed E-state index contributed by atoms with van der Waals surface area (Å²) >= 11 is 1.08. The average molecular weight is 282 g/mol. The minimum absolute atomic E-state index is 0.0646. The normalized spacial score (nSPS) is 23.0. The molecule has 1 saturated carbocycles. The molecule has 104 valence electrons. The van der Waals surface area contributed by atoms with E-state index in [-0.39, 0.29) is 22.7 Å². The molecular weight excluding hydrogens is 264 g/mol. The van der Waals surface area contributed by atoms with Crippen molar-refractivity contribution in [2.45, 2.75) is 45.1 Å². The maximum absolute atomic E-state index is 12.0. The number of aromatic nitrogens is 1. The molecule has 1 heterocycles. The minimum Gasteiger partial charge on any atom is -0.476 e. The number of amides is 1. The van der Waals surface area contributed by atoms with Crippen LogP contribution >= 0.6 is 11.3 Å². The average Bonchev–Trinajstić information content (AvgIpc) is 2.89. The van der Waals surface area contributed by atoms with Gasteiger partial charge in [-0.05, 0) is 18.8 Å². The van der Waals surface area contributed by atoms with Crippen molar-refractivity contribution in [2.24, 2.45) is 5.92 Å². The molecule has 0 aromatic carbocycles. The summed E-state index contributed by atoms with van der Waals surface area (Å²) in [6.45, 7) is 2.18. The summed E-state index contributed by atoms with van der Waals surface area (Å²) in [7, 11) is 0. The highest BCUT2D eigenvalue weighted by atomic mass is 32.1. The molecule has 2 rings (SSSR count). The van der Waals surface area contributed by atoms with Gasteiger partial charge in [-0.1, -0.05) is 26.2 Å². The first-order valence-corrected chi connectivity index (χ1v) is 7.47. The molecule has 2 unspecified atom stereocenters. The Bertz CT molecular complexity index is 472. The molecule has 5 nitrogen and oxygen atoms in total. The third kappa shape index (κ3) is 3.53. The van der Waals surface area contributed by atoms with Crippen LogP contribution in [0.1, 0.15) is 59.3 Å². The topological polar surface area (TPSA) is 79.3 Å². The van der Waals surface area contributed by atoms with Gasteiger partial charge in [-0.15, -0.1) is 11.3 Å². The lowest BCUT2D eigenvalue weighted by atomic mass is 9.84. The predicted octanol–water partition coefficient (Wildman–Crippen LogP) is 2.54. The van der Waals surface area contributed by atoms with Crippen LogP contribution in [0.3, 0.4) is 0 Å². The van der Waals surface area contributed by atoms with Gasteiger partial charge in [-0.2, -0.15) is 0 Å². The molecule has 0 bridgehead atoms. The maximum Gasteiger partial charge on any atom is 0.355 e. The molecule has 1 aromatic rings. The standard InChI is InChI=1S/C13H18N2O3S/c1-2-8-4-3-5-9(6-8)14-11(16)12-15-10(7-19-12)13(17)18/h7-9H,2-6H2,1H3,(H,14,16)(H,17,18). The van der Waals surface area contributed by atoms with Crippen LogP contribution in [0.25, 0.3) is 0 Å². The number of rotatable bonds is 4. The fourth-order valence-corrected chi connectivity index (χ4v) is 3.21. The van der Waals surface area contributed by atoms with E-state index < -0.39 is 5.97 Å². The number of carbonyl (C=O) groups is 2. The van der Waals surface area contributed by atoms with Crippen LogP contribution in [0.2, 0.25) is 0 Å². The van der Waals surface area contributed by atoms with Gasteiger partial charge in [0.1, 0.15) is 0 Å². The summed E-state index contributed by atoms with van der Waals surface area (Å²) in [6, 6.07) is 0.198. The highest BCUT2D eigenvalue weighted by Gasteiger charge is 2.23. The van der Waals surface area contributed by atoms with Crippen LogP contribution < -0.4 is 5.32 Å². The lowest BCUT2D eigenvalue weighted by Crippen LogP contribution is -2.38. The van der Waals surface area contributed by atoms with E-state index in [1.54, 1.807) is 0 Å². The first-order valence-electron chi connectivity index (χ1n) is 6.59. The van der Waals surface area contributed by atoms with Gasteiger partial charge in [0.25, 0.3) is 5.91 Å². The Balaban J connectivity index is 1.94. The number of carbonyl (C=O) groups excluding carboxylic acids is 1. The first kappa shape index (κ1) is 14.0. The first-order chi connectivity index (χ1) is 9.10. The number of thiazole rings is 1. The van der Waals surface area contributed by atoms with Crippen molar-refractivity contribution in [1.82, 2.24) is 10.3 Å². The molecule has 19 heavy (non-hydrogen) atoms. The second-order valence-corrected chi connectivity index (χ2v) is 5.81. The van der Waals surface area contributed by atoms with E-state index in [0.717, 1.165) is 37.0 Å². The van der Waals surface area contributed by atoms with E-state index >= 15 is 0 Å². The van der Waals surface area contributed by atoms with Crippen LogP contribution in [-0.2, 0) is 0 Å². The minimum atomic E-state index is -1.10. The van der Waals surface area contributed by atoms with Gasteiger partial charge in [-0.3, -0.25) is 4.79 Å². The lowest BCUT2D eigenvalue weighted by molar-refractivity contribution is 0.0691. The quantitative estimate of drug-likeness (QED) is 0.889. The van der Waals surface area contributed by atoms with Crippen LogP contribution in [0.4, 0.5) is 0 Å². The van der Waals surface area contributed by atoms with Crippen LogP contribution in [0.15, 0.2) is 5.38 Å². The Hall–Kier alpha value is -1.43. The Morgan fingerprint density at radius 1 is 1.53 bits per heavy atom. The van der Waals surface area contributed by atoms with Gasteiger partial charge in [0.2, 0.25) is 0 Å². The van der Waals surface area contributed by atoms with Crippen molar-refractivity contribution < 1.29 is 14.7 Å². The number of hydrogen-bond acceptors (Lipinski definition) is 4. The highest BCUT2D eigenvalue weighted by Crippen LogP contribution is 2.26. The van der Waals surface area contributed by atoms with E-state index in [9.17, 15) is 9.59 Å². The number of nitrogens with one attached hydrogen (secondary N) is 1. The summed E-state index contributed by atoms with van der Waals surface area (Å²) in [5.41, 5.74) is -0.0646. The van der Waals surface area contributed by atoms with Gasteiger partial charge in [-0.25, -0.2) is 9.78 Å². The smallest absolute Gasteiger partial charge is 0.355 e. The molecule has 6 heteroatoms. The van der Waals surface area contributed by atoms with Crippen LogP contribution in [0, 0.1) is 5.92 Å². The molecule has 1 aliphatic rings. The highest BCUT2D eigenvalue weighted by molar-refractivity contribution is 7.11. The third-order valence-electron chi connectivity index (χ3n) is 3.61. The van der Waals surface area contributed by atoms with Crippen molar-refractivity contribution in [3.8, 4) is 0 Å². The van der Waals surface area contributed by atoms with E-state index in [2.05, 4.69) is 17.2 Å². The number of aromatic carboxylic acids is 1. The monoisotopic (exact) mass is 282 g/mol. The zero-order chi connectivity index (χ0) is 13.8. The molecule has 1 aromatic heterocycles. The molecular formula is C13H18N2O3S. The Morgan fingerprint density at radius 2 is 2.32 bits per heavy atom. The zero-order valence-electron chi connectivity index (χ0n) is 10.9. The number of hydrogen-bond donors (Lipinski definition) is 2.